The number of esters is 1. The number of ether oxygens (including phenoxy) is 1. The molecule has 2 aromatic rings. The molecule has 1 aliphatic rings. The minimum Gasteiger partial charge on any atom is -0.450 e. The third kappa shape index (κ3) is 3.93. The molecule has 2 heterocycles. The molecule has 1 aliphatic carbocycles. The zero-order valence-electron chi connectivity index (χ0n) is 13.1. The Balaban J connectivity index is 1.66. The molecule has 3 rings (SSSR count). The van der Waals surface area contributed by atoms with Crippen molar-refractivity contribution in [2.45, 2.75) is 25.7 Å². The first-order chi connectivity index (χ1) is 12.0. The van der Waals surface area contributed by atoms with Crippen LogP contribution >= 0.6 is 27.3 Å². The number of carbonyl (C=O) groups excluding carboxylic acids is 3. The van der Waals surface area contributed by atoms with Gasteiger partial charge < -0.3 is 20.2 Å². The molecule has 0 fully saturated rings. The van der Waals surface area contributed by atoms with Crippen LogP contribution in [0.2, 0.25) is 0 Å². The smallest absolute Gasteiger partial charge is 0.374 e. The number of anilines is 1. The Morgan fingerprint density at radius 2 is 2.04 bits per heavy atom. The lowest BCUT2D eigenvalue weighted by molar-refractivity contribution is -0.119. The van der Waals surface area contributed by atoms with Crippen LogP contribution in [0.4, 0.5) is 5.00 Å². The van der Waals surface area contributed by atoms with Gasteiger partial charge in [-0.2, -0.15) is 0 Å². The van der Waals surface area contributed by atoms with Gasteiger partial charge in [-0.3, -0.25) is 9.59 Å². The van der Waals surface area contributed by atoms with E-state index in [4.69, 9.17) is 14.9 Å². The Hall–Kier alpha value is -2.13. The predicted octanol–water partition coefficient (Wildman–Crippen LogP) is 2.88. The highest BCUT2D eigenvalue weighted by Crippen LogP contribution is 2.37. The maximum Gasteiger partial charge on any atom is 0.374 e. The van der Waals surface area contributed by atoms with E-state index in [0.29, 0.717) is 15.2 Å². The summed E-state index contributed by atoms with van der Waals surface area (Å²) >= 11 is 4.43. The number of rotatable bonds is 5. The number of nitrogens with one attached hydrogen (secondary N) is 1. The highest BCUT2D eigenvalue weighted by molar-refractivity contribution is 9.10. The van der Waals surface area contributed by atoms with Crippen LogP contribution in [-0.2, 0) is 22.4 Å². The third-order valence-corrected chi connectivity index (χ3v) is 5.41. The lowest BCUT2D eigenvalue weighted by Crippen LogP contribution is -2.22. The van der Waals surface area contributed by atoms with E-state index in [1.54, 1.807) is 6.07 Å². The van der Waals surface area contributed by atoms with E-state index in [9.17, 15) is 14.4 Å². The number of hydrogen-bond acceptors (Lipinski definition) is 6. The second kappa shape index (κ2) is 7.40. The molecule has 0 bridgehead atoms. The largest absolute Gasteiger partial charge is 0.450 e. The second-order valence-corrected chi connectivity index (χ2v) is 7.39. The summed E-state index contributed by atoms with van der Waals surface area (Å²) in [5.74, 6) is -1.86. The lowest BCUT2D eigenvalue weighted by Gasteiger charge is -2.11. The van der Waals surface area contributed by atoms with E-state index in [1.807, 2.05) is 0 Å². The van der Waals surface area contributed by atoms with Crippen molar-refractivity contribution in [2.24, 2.45) is 5.73 Å². The summed E-state index contributed by atoms with van der Waals surface area (Å²) in [6.07, 6.45) is 3.70. The average molecular weight is 427 g/mol. The molecule has 0 saturated heterocycles. The van der Waals surface area contributed by atoms with E-state index in [2.05, 4.69) is 21.2 Å². The van der Waals surface area contributed by atoms with Crippen LogP contribution in [0.1, 0.15) is 44.2 Å². The van der Waals surface area contributed by atoms with Gasteiger partial charge in [0.25, 0.3) is 11.8 Å². The summed E-state index contributed by atoms with van der Waals surface area (Å²) < 4.78 is 10.3. The maximum atomic E-state index is 12.1. The average Bonchev–Trinajstić information content (AvgIpc) is 3.15. The number of fused-ring (bicyclic) bond motifs is 1. The maximum absolute atomic E-state index is 12.1. The molecule has 3 N–H and O–H groups in total. The highest BCUT2D eigenvalue weighted by Gasteiger charge is 2.25. The van der Waals surface area contributed by atoms with Gasteiger partial charge in [-0.1, -0.05) is 0 Å². The second-order valence-electron chi connectivity index (χ2n) is 5.51. The van der Waals surface area contributed by atoms with Crippen LogP contribution in [0, 0.1) is 0 Å². The molecule has 0 atom stereocenters. The number of primary amides is 1. The highest BCUT2D eigenvalue weighted by atomic mass is 79.9. The van der Waals surface area contributed by atoms with Crippen molar-refractivity contribution < 1.29 is 23.5 Å². The number of aryl methyl sites for hydroxylation is 1. The zero-order chi connectivity index (χ0) is 18.0. The van der Waals surface area contributed by atoms with Gasteiger partial charge in [0.2, 0.25) is 5.76 Å². The Bertz CT molecular complexity index is 842. The van der Waals surface area contributed by atoms with Gasteiger partial charge in [-0.25, -0.2) is 4.79 Å². The van der Waals surface area contributed by atoms with Gasteiger partial charge in [0.15, 0.2) is 11.3 Å². The van der Waals surface area contributed by atoms with Crippen molar-refractivity contribution in [1.82, 2.24) is 0 Å². The summed E-state index contributed by atoms with van der Waals surface area (Å²) in [7, 11) is 0. The third-order valence-electron chi connectivity index (χ3n) is 3.78. The normalized spacial score (nSPS) is 13.2. The molecule has 0 spiro atoms. The summed E-state index contributed by atoms with van der Waals surface area (Å²) in [5.41, 5.74) is 6.77. The predicted molar refractivity (Wildman–Crippen MR) is 94.8 cm³/mol. The Morgan fingerprint density at radius 3 is 2.72 bits per heavy atom. The van der Waals surface area contributed by atoms with Crippen molar-refractivity contribution in [1.29, 1.82) is 0 Å². The quantitative estimate of drug-likeness (QED) is 0.713. The van der Waals surface area contributed by atoms with Crippen molar-refractivity contribution in [3.05, 3.63) is 38.6 Å². The van der Waals surface area contributed by atoms with Crippen molar-refractivity contribution in [2.75, 3.05) is 11.9 Å². The molecule has 0 saturated carbocycles. The topological polar surface area (TPSA) is 112 Å². The number of carbonyl (C=O) groups is 3. The molecular formula is C16H15BrN2O5S. The molecule has 132 valence electrons. The molecule has 7 nitrogen and oxygen atoms in total. The Kier molecular flexibility index (Phi) is 5.24. The number of amides is 2. The lowest BCUT2D eigenvalue weighted by atomic mass is 9.95. The molecule has 9 heteroatoms. The molecule has 25 heavy (non-hydrogen) atoms. The van der Waals surface area contributed by atoms with Crippen LogP contribution in [0.3, 0.4) is 0 Å². The Morgan fingerprint density at radius 1 is 1.28 bits per heavy atom. The van der Waals surface area contributed by atoms with Crippen LogP contribution in [0.15, 0.2) is 21.2 Å². The molecule has 0 aromatic carbocycles. The summed E-state index contributed by atoms with van der Waals surface area (Å²) in [6.45, 7) is -0.488. The molecular weight excluding hydrogens is 412 g/mol. The summed E-state index contributed by atoms with van der Waals surface area (Å²) in [4.78, 5) is 36.7. The van der Waals surface area contributed by atoms with Crippen molar-refractivity contribution >= 4 is 50.1 Å². The van der Waals surface area contributed by atoms with Crippen LogP contribution in [0.5, 0.6) is 0 Å². The van der Waals surface area contributed by atoms with Crippen LogP contribution < -0.4 is 11.1 Å². The van der Waals surface area contributed by atoms with Crippen LogP contribution in [0.25, 0.3) is 0 Å². The zero-order valence-corrected chi connectivity index (χ0v) is 15.5. The fraction of sp³-hybridized carbons (Fsp3) is 0.312. The summed E-state index contributed by atoms with van der Waals surface area (Å²) in [6, 6.07) is 2.98. The fourth-order valence-electron chi connectivity index (χ4n) is 2.70. The minimum atomic E-state index is -0.749. The van der Waals surface area contributed by atoms with Gasteiger partial charge in [0.05, 0.1) is 5.56 Å². The molecule has 0 aliphatic heterocycles. The monoisotopic (exact) mass is 426 g/mol. The number of furan rings is 1. The van der Waals surface area contributed by atoms with E-state index in [0.717, 1.165) is 36.1 Å². The van der Waals surface area contributed by atoms with Crippen LogP contribution in [-0.4, -0.2) is 24.4 Å². The van der Waals surface area contributed by atoms with Gasteiger partial charge in [-0.05, 0) is 59.3 Å². The number of thiophene rings is 1. The molecule has 0 unspecified atom stereocenters. The van der Waals surface area contributed by atoms with Gasteiger partial charge in [-0.15, -0.1) is 11.3 Å². The number of halogens is 1. The van der Waals surface area contributed by atoms with Gasteiger partial charge in [0.1, 0.15) is 5.00 Å². The first-order valence-corrected chi connectivity index (χ1v) is 9.23. The Labute approximate surface area is 155 Å². The van der Waals surface area contributed by atoms with E-state index in [-0.39, 0.29) is 5.76 Å². The fourth-order valence-corrected chi connectivity index (χ4v) is 4.32. The van der Waals surface area contributed by atoms with E-state index < -0.39 is 24.4 Å². The van der Waals surface area contributed by atoms with Crippen molar-refractivity contribution in [3.63, 3.8) is 0 Å². The first-order valence-electron chi connectivity index (χ1n) is 7.62. The molecule has 2 amide bonds. The molecule has 2 aromatic heterocycles. The standard InChI is InChI=1S/C16H15BrN2O5S/c17-11-6-5-9(24-11)16(22)23-7-12(20)19-15-13(14(18)21)8-3-1-2-4-10(8)25-15/h5-6H,1-4,7H2,(H2,18,21)(H,19,20). The van der Waals surface area contributed by atoms with Gasteiger partial charge >= 0.3 is 5.97 Å². The summed E-state index contributed by atoms with van der Waals surface area (Å²) in [5, 5.41) is 3.04. The number of nitrogens with two attached hydrogens (primary N) is 1. The molecule has 0 radical (unpaired) electrons. The number of hydrogen-bond donors (Lipinski definition) is 2. The van der Waals surface area contributed by atoms with Gasteiger partial charge in [0, 0.05) is 4.88 Å². The van der Waals surface area contributed by atoms with E-state index in [1.165, 1.54) is 17.4 Å². The van der Waals surface area contributed by atoms with E-state index >= 15 is 0 Å². The SMILES string of the molecule is NC(=O)c1c(NC(=O)COC(=O)c2ccc(Br)o2)sc2c1CCCC2. The van der Waals surface area contributed by atoms with Crippen molar-refractivity contribution in [3.8, 4) is 0 Å². The minimum absolute atomic E-state index is 0.0101. The first kappa shape index (κ1) is 17.7.